The van der Waals surface area contributed by atoms with Crippen LogP contribution in [0.25, 0.3) is 0 Å². The lowest BCUT2D eigenvalue weighted by atomic mass is 10.2. The topological polar surface area (TPSA) is 89.8 Å². The van der Waals surface area contributed by atoms with E-state index in [4.69, 9.17) is 27.9 Å². The van der Waals surface area contributed by atoms with Crippen LogP contribution in [-0.4, -0.2) is 22.7 Å². The maximum absolute atomic E-state index is 12.7. The third kappa shape index (κ3) is 6.04. The van der Waals surface area contributed by atoms with Crippen molar-refractivity contribution < 1.29 is 14.3 Å². The number of esters is 1. The van der Waals surface area contributed by atoms with E-state index in [2.05, 4.69) is 10.5 Å². The highest BCUT2D eigenvalue weighted by molar-refractivity contribution is 6.42. The van der Waals surface area contributed by atoms with E-state index in [1.807, 2.05) is 0 Å². The number of hydrogen-bond acceptors (Lipinski definition) is 5. The highest BCUT2D eigenvalue weighted by atomic mass is 35.5. The van der Waals surface area contributed by atoms with Gasteiger partial charge in [0.2, 0.25) is 0 Å². The zero-order valence-corrected chi connectivity index (χ0v) is 17.9. The number of nitrogens with one attached hydrogen (secondary N) is 1. The minimum atomic E-state index is -0.638. The van der Waals surface area contributed by atoms with Crippen molar-refractivity contribution in [2.75, 3.05) is 0 Å². The van der Waals surface area contributed by atoms with E-state index < -0.39 is 17.4 Å². The Kier molecular flexibility index (Phi) is 7.23. The molecular formula is C22H17Cl2N3O4. The molecule has 31 heavy (non-hydrogen) atoms. The van der Waals surface area contributed by atoms with E-state index in [9.17, 15) is 14.4 Å². The summed E-state index contributed by atoms with van der Waals surface area (Å²) in [6.07, 6.45) is 2.99. The molecule has 0 fully saturated rings. The SMILES string of the molecule is CC(=O)Oc1ccc(/C=N\NC(=O)c2cccn(Cc3ccc(Cl)c(Cl)c3)c2=O)cc1. The summed E-state index contributed by atoms with van der Waals surface area (Å²) >= 11 is 11.9. The lowest BCUT2D eigenvalue weighted by Crippen LogP contribution is -2.30. The number of aromatic nitrogens is 1. The van der Waals surface area contributed by atoms with Crippen LogP contribution < -0.4 is 15.7 Å². The number of ether oxygens (including phenoxy) is 1. The van der Waals surface area contributed by atoms with E-state index in [0.717, 1.165) is 5.56 Å². The molecule has 0 bridgehead atoms. The Balaban J connectivity index is 1.68. The molecule has 3 rings (SSSR count). The van der Waals surface area contributed by atoms with Gasteiger partial charge in [0.05, 0.1) is 22.8 Å². The lowest BCUT2D eigenvalue weighted by Gasteiger charge is -2.08. The molecule has 1 heterocycles. The highest BCUT2D eigenvalue weighted by Crippen LogP contribution is 2.22. The number of carbonyl (C=O) groups is 2. The fourth-order valence-corrected chi connectivity index (χ4v) is 3.00. The summed E-state index contributed by atoms with van der Waals surface area (Å²) in [6.45, 7) is 1.54. The first-order chi connectivity index (χ1) is 14.8. The van der Waals surface area contributed by atoms with E-state index in [1.165, 1.54) is 23.8 Å². The summed E-state index contributed by atoms with van der Waals surface area (Å²) in [5.74, 6) is -0.650. The van der Waals surface area contributed by atoms with Crippen molar-refractivity contribution in [3.8, 4) is 5.75 Å². The minimum Gasteiger partial charge on any atom is -0.427 e. The molecule has 1 amide bonds. The molecule has 0 spiro atoms. The van der Waals surface area contributed by atoms with Crippen molar-refractivity contribution in [1.29, 1.82) is 0 Å². The van der Waals surface area contributed by atoms with Crippen molar-refractivity contribution in [3.63, 3.8) is 0 Å². The molecule has 1 aromatic heterocycles. The van der Waals surface area contributed by atoms with Crippen molar-refractivity contribution in [2.45, 2.75) is 13.5 Å². The monoisotopic (exact) mass is 457 g/mol. The summed E-state index contributed by atoms with van der Waals surface area (Å²) in [5, 5.41) is 4.68. The minimum absolute atomic E-state index is 0.0510. The predicted octanol–water partition coefficient (Wildman–Crippen LogP) is 3.89. The number of rotatable bonds is 6. The first-order valence-electron chi connectivity index (χ1n) is 9.09. The smallest absolute Gasteiger partial charge is 0.308 e. The van der Waals surface area contributed by atoms with Crippen LogP contribution in [0.15, 0.2) is 70.7 Å². The standard InChI is InChI=1S/C22H17Cl2N3O4/c1-14(28)31-17-7-4-15(5-8-17)12-25-26-21(29)18-3-2-10-27(22(18)30)13-16-6-9-19(23)20(24)11-16/h2-12H,13H2,1H3,(H,26,29)/b25-12-. The molecule has 7 nitrogen and oxygen atoms in total. The van der Waals surface area contributed by atoms with Gasteiger partial charge in [-0.2, -0.15) is 5.10 Å². The van der Waals surface area contributed by atoms with Gasteiger partial charge in [0, 0.05) is 13.1 Å². The molecule has 3 aromatic rings. The number of pyridine rings is 1. The first kappa shape index (κ1) is 22.3. The molecule has 0 aliphatic heterocycles. The fourth-order valence-electron chi connectivity index (χ4n) is 2.68. The maximum atomic E-state index is 12.7. The number of carbonyl (C=O) groups excluding carboxylic acids is 2. The van der Waals surface area contributed by atoms with Crippen LogP contribution in [0.2, 0.25) is 10.0 Å². The van der Waals surface area contributed by atoms with Gasteiger partial charge in [0.25, 0.3) is 11.5 Å². The summed E-state index contributed by atoms with van der Waals surface area (Å²) in [6, 6.07) is 14.6. The third-order valence-corrected chi connectivity index (χ3v) is 4.86. The second kappa shape index (κ2) is 10.1. The Morgan fingerprint density at radius 3 is 2.52 bits per heavy atom. The predicted molar refractivity (Wildman–Crippen MR) is 119 cm³/mol. The van der Waals surface area contributed by atoms with E-state index in [0.29, 0.717) is 21.4 Å². The summed E-state index contributed by atoms with van der Waals surface area (Å²) in [5.41, 5.74) is 3.25. The average molecular weight is 458 g/mol. The Hall–Kier alpha value is -3.42. The number of halogens is 2. The molecule has 1 N–H and O–H groups in total. The molecule has 158 valence electrons. The van der Waals surface area contributed by atoms with E-state index in [-0.39, 0.29) is 12.1 Å². The van der Waals surface area contributed by atoms with Crippen molar-refractivity contribution >= 4 is 41.3 Å². The number of hydrogen-bond donors (Lipinski definition) is 1. The van der Waals surface area contributed by atoms with Gasteiger partial charge in [0.15, 0.2) is 0 Å². The van der Waals surface area contributed by atoms with Crippen LogP contribution in [0.4, 0.5) is 0 Å². The zero-order chi connectivity index (χ0) is 22.4. The van der Waals surface area contributed by atoms with E-state index >= 15 is 0 Å². The van der Waals surface area contributed by atoms with Gasteiger partial charge in [0.1, 0.15) is 11.3 Å². The molecule has 2 aromatic carbocycles. The van der Waals surface area contributed by atoms with Crippen molar-refractivity contribution in [2.24, 2.45) is 5.10 Å². The van der Waals surface area contributed by atoms with Crippen LogP contribution in [0.3, 0.4) is 0 Å². The van der Waals surface area contributed by atoms with Gasteiger partial charge in [-0.1, -0.05) is 29.3 Å². The molecule has 0 saturated heterocycles. The largest absolute Gasteiger partial charge is 0.427 e. The number of nitrogens with zero attached hydrogens (tertiary/aromatic N) is 2. The number of amides is 1. The molecule has 0 unspecified atom stereocenters. The van der Waals surface area contributed by atoms with E-state index in [1.54, 1.807) is 54.7 Å². The van der Waals surface area contributed by atoms with Crippen LogP contribution >= 0.6 is 23.2 Å². The Morgan fingerprint density at radius 1 is 1.10 bits per heavy atom. The second-order valence-corrected chi connectivity index (χ2v) is 7.28. The highest BCUT2D eigenvalue weighted by Gasteiger charge is 2.12. The Labute approximate surface area is 187 Å². The summed E-state index contributed by atoms with van der Waals surface area (Å²) in [4.78, 5) is 36.0. The van der Waals surface area contributed by atoms with Crippen LogP contribution in [0, 0.1) is 0 Å². The molecule has 0 radical (unpaired) electrons. The van der Waals surface area contributed by atoms with Gasteiger partial charge >= 0.3 is 5.97 Å². The first-order valence-corrected chi connectivity index (χ1v) is 9.84. The second-order valence-electron chi connectivity index (χ2n) is 6.47. The number of benzene rings is 2. The Morgan fingerprint density at radius 2 is 1.84 bits per heavy atom. The third-order valence-electron chi connectivity index (χ3n) is 4.12. The van der Waals surface area contributed by atoms with Crippen LogP contribution in [-0.2, 0) is 11.3 Å². The van der Waals surface area contributed by atoms with Crippen LogP contribution in [0.5, 0.6) is 5.75 Å². The molecule has 0 aliphatic carbocycles. The summed E-state index contributed by atoms with van der Waals surface area (Å²) in [7, 11) is 0. The Bertz CT molecular complexity index is 1200. The molecule has 0 saturated carbocycles. The van der Waals surface area contributed by atoms with Gasteiger partial charge in [-0.05, 0) is 59.7 Å². The molecule has 0 aliphatic rings. The summed E-state index contributed by atoms with van der Waals surface area (Å²) < 4.78 is 6.34. The molecule has 0 atom stereocenters. The molecular weight excluding hydrogens is 441 g/mol. The van der Waals surface area contributed by atoms with Gasteiger partial charge < -0.3 is 9.30 Å². The van der Waals surface area contributed by atoms with Gasteiger partial charge in [-0.25, -0.2) is 5.43 Å². The number of hydrazone groups is 1. The van der Waals surface area contributed by atoms with Crippen molar-refractivity contribution in [3.05, 3.63) is 97.9 Å². The fraction of sp³-hybridized carbons (Fsp3) is 0.0909. The quantitative estimate of drug-likeness (QED) is 0.263. The molecule has 9 heteroatoms. The lowest BCUT2D eigenvalue weighted by molar-refractivity contribution is -0.131. The maximum Gasteiger partial charge on any atom is 0.308 e. The normalized spacial score (nSPS) is 10.8. The van der Waals surface area contributed by atoms with Gasteiger partial charge in [-0.15, -0.1) is 0 Å². The van der Waals surface area contributed by atoms with Gasteiger partial charge in [-0.3, -0.25) is 14.4 Å². The van der Waals surface area contributed by atoms with Crippen molar-refractivity contribution in [1.82, 2.24) is 9.99 Å². The zero-order valence-electron chi connectivity index (χ0n) is 16.3. The van der Waals surface area contributed by atoms with Crippen LogP contribution in [0.1, 0.15) is 28.4 Å². The average Bonchev–Trinajstić information content (AvgIpc) is 2.73.